The quantitative estimate of drug-likeness (QED) is 0.801. The third-order valence-corrected chi connectivity index (χ3v) is 2.21. The maximum Gasteiger partial charge on any atom is 0.408 e. The molecule has 7 heteroatoms. The van der Waals surface area contributed by atoms with Gasteiger partial charge in [-0.3, -0.25) is 9.59 Å². The molecule has 1 aliphatic heterocycles. The molecule has 1 heterocycles. The Kier molecular flexibility index (Phi) is 4.90. The monoisotopic (exact) mass is 282 g/mol. The smallest absolute Gasteiger partial charge is 0.408 e. The fourth-order valence-electron chi connectivity index (χ4n) is 1.48. The third kappa shape index (κ3) is 5.13. The Morgan fingerprint density at radius 1 is 1.40 bits per heavy atom. The highest BCUT2D eigenvalue weighted by molar-refractivity contribution is 5.90. The number of hydrogen-bond donors (Lipinski definition) is 2. The average molecular weight is 282 g/mol. The third-order valence-electron chi connectivity index (χ3n) is 2.21. The van der Waals surface area contributed by atoms with Crippen molar-refractivity contribution in [1.82, 2.24) is 10.2 Å². The lowest BCUT2D eigenvalue weighted by molar-refractivity contribution is -0.142. The van der Waals surface area contributed by atoms with E-state index < -0.39 is 36.2 Å². The second-order valence-corrected chi connectivity index (χ2v) is 5.21. The van der Waals surface area contributed by atoms with Gasteiger partial charge in [-0.2, -0.15) is 0 Å². The second-order valence-electron chi connectivity index (χ2n) is 5.21. The summed E-state index contributed by atoms with van der Waals surface area (Å²) < 4.78 is 5.05. The molecule has 0 aromatic rings. The number of carbonyl (C=O) groups is 3. The highest BCUT2D eigenvalue weighted by atomic mass is 16.6. The second kappa shape index (κ2) is 6.23. The molecule has 0 aromatic heterocycles. The number of nitrogens with zero attached hydrogens (tertiary/aromatic N) is 1. The molecule has 7 nitrogen and oxygen atoms in total. The van der Waals surface area contributed by atoms with Crippen molar-refractivity contribution in [2.45, 2.75) is 32.4 Å². The number of aliphatic carboxylic acids is 1. The van der Waals surface area contributed by atoms with Crippen LogP contribution in [-0.2, 0) is 14.3 Å². The number of ether oxygens (including phenoxy) is 1. The Morgan fingerprint density at radius 3 is 2.60 bits per heavy atom. The Labute approximate surface area is 116 Å². The van der Waals surface area contributed by atoms with Gasteiger partial charge in [0.1, 0.15) is 18.2 Å². The minimum Gasteiger partial charge on any atom is -0.480 e. The van der Waals surface area contributed by atoms with E-state index in [4.69, 9.17) is 9.84 Å². The van der Waals surface area contributed by atoms with E-state index in [-0.39, 0.29) is 0 Å². The molecule has 1 aliphatic rings. The normalized spacial score (nSPS) is 18.6. The molecule has 0 aromatic carbocycles. The van der Waals surface area contributed by atoms with E-state index in [1.54, 1.807) is 26.8 Å². The zero-order chi connectivity index (χ0) is 15.3. The van der Waals surface area contributed by atoms with Crippen LogP contribution >= 0.6 is 0 Å². The standard InChI is InChI=1S/C13H18N2O5/c1-13(2,3)20-12(19)14-9-6-4-5-7-15(11(9)18)8-10(16)17/h4-7,9H,8H2,1-3H3,(H,14,19)(H,16,17)/t9-/m1/s1. The number of nitrogens with one attached hydrogen (secondary N) is 1. The van der Waals surface area contributed by atoms with Crippen molar-refractivity contribution >= 4 is 18.0 Å². The van der Waals surface area contributed by atoms with Gasteiger partial charge < -0.3 is 20.1 Å². The number of amides is 2. The Balaban J connectivity index is 2.72. The van der Waals surface area contributed by atoms with Crippen LogP contribution in [0.3, 0.4) is 0 Å². The van der Waals surface area contributed by atoms with Gasteiger partial charge in [0, 0.05) is 6.20 Å². The highest BCUT2D eigenvalue weighted by Gasteiger charge is 2.27. The van der Waals surface area contributed by atoms with Crippen molar-refractivity contribution < 1.29 is 24.2 Å². The molecular weight excluding hydrogens is 264 g/mol. The van der Waals surface area contributed by atoms with Crippen LogP contribution in [0, 0.1) is 0 Å². The maximum atomic E-state index is 12.1. The van der Waals surface area contributed by atoms with Crippen molar-refractivity contribution in [3.63, 3.8) is 0 Å². The number of carbonyl (C=O) groups excluding carboxylic acids is 2. The minimum absolute atomic E-state index is 0.469. The molecular formula is C13H18N2O5. The van der Waals surface area contributed by atoms with Gasteiger partial charge in [-0.15, -0.1) is 0 Å². The van der Waals surface area contributed by atoms with E-state index in [0.717, 1.165) is 4.90 Å². The van der Waals surface area contributed by atoms with Crippen molar-refractivity contribution in [2.75, 3.05) is 6.54 Å². The van der Waals surface area contributed by atoms with E-state index >= 15 is 0 Å². The molecule has 0 fully saturated rings. The summed E-state index contributed by atoms with van der Waals surface area (Å²) in [5, 5.41) is 11.1. The number of carboxylic acid groups (broad SMARTS) is 1. The number of alkyl carbamates (subject to hydrolysis) is 1. The van der Waals surface area contributed by atoms with E-state index in [9.17, 15) is 14.4 Å². The summed E-state index contributed by atoms with van der Waals surface area (Å²) in [6.07, 6.45) is 5.16. The molecule has 20 heavy (non-hydrogen) atoms. The maximum absolute atomic E-state index is 12.1. The molecule has 1 atom stereocenters. The summed E-state index contributed by atoms with van der Waals surface area (Å²) in [6, 6.07) is -0.959. The van der Waals surface area contributed by atoms with E-state index in [0.29, 0.717) is 0 Å². The molecule has 0 saturated heterocycles. The van der Waals surface area contributed by atoms with Gasteiger partial charge in [0.25, 0.3) is 5.91 Å². The van der Waals surface area contributed by atoms with Crippen LogP contribution in [0.1, 0.15) is 20.8 Å². The number of rotatable bonds is 3. The Bertz CT molecular complexity index is 462. The van der Waals surface area contributed by atoms with Gasteiger partial charge >= 0.3 is 12.1 Å². The van der Waals surface area contributed by atoms with Crippen LogP contribution in [0.5, 0.6) is 0 Å². The molecule has 0 radical (unpaired) electrons. The molecule has 0 unspecified atom stereocenters. The minimum atomic E-state index is -1.14. The van der Waals surface area contributed by atoms with Crippen LogP contribution in [-0.4, -0.2) is 46.2 Å². The van der Waals surface area contributed by atoms with Crippen molar-refractivity contribution in [2.24, 2.45) is 0 Å². The van der Waals surface area contributed by atoms with Gasteiger partial charge in [-0.05, 0) is 26.8 Å². The SMILES string of the molecule is CC(C)(C)OC(=O)N[C@@H]1C=CC=CN(CC(=O)O)C1=O. The molecule has 2 N–H and O–H groups in total. The fourth-order valence-corrected chi connectivity index (χ4v) is 1.48. The number of hydrogen-bond acceptors (Lipinski definition) is 4. The summed E-state index contributed by atoms with van der Waals surface area (Å²) in [5.74, 6) is -1.68. The predicted octanol–water partition coefficient (Wildman–Crippen LogP) is 0.876. The lowest BCUT2D eigenvalue weighted by Gasteiger charge is -2.23. The highest BCUT2D eigenvalue weighted by Crippen LogP contribution is 2.09. The van der Waals surface area contributed by atoms with Crippen LogP contribution in [0.4, 0.5) is 4.79 Å². The van der Waals surface area contributed by atoms with Gasteiger partial charge in [-0.1, -0.05) is 12.2 Å². The first-order chi connectivity index (χ1) is 9.19. The van der Waals surface area contributed by atoms with Crippen molar-refractivity contribution in [3.8, 4) is 0 Å². The van der Waals surface area contributed by atoms with E-state index in [1.165, 1.54) is 18.4 Å². The van der Waals surface area contributed by atoms with Crippen molar-refractivity contribution in [3.05, 3.63) is 24.4 Å². The average Bonchev–Trinajstić information content (AvgIpc) is 2.41. The van der Waals surface area contributed by atoms with Crippen molar-refractivity contribution in [1.29, 1.82) is 0 Å². The largest absolute Gasteiger partial charge is 0.480 e. The zero-order valence-corrected chi connectivity index (χ0v) is 11.6. The lowest BCUT2D eigenvalue weighted by Crippen LogP contribution is -2.47. The van der Waals surface area contributed by atoms with Gasteiger partial charge in [-0.25, -0.2) is 4.79 Å². The molecule has 0 spiro atoms. The first kappa shape index (κ1) is 15.7. The first-order valence-corrected chi connectivity index (χ1v) is 6.06. The number of carboxylic acids is 1. The first-order valence-electron chi connectivity index (χ1n) is 6.06. The van der Waals surface area contributed by atoms with E-state index in [1.807, 2.05) is 0 Å². The Hall–Kier alpha value is -2.31. The number of allylic oxidation sites excluding steroid dienone is 2. The lowest BCUT2D eigenvalue weighted by atomic mass is 10.2. The van der Waals surface area contributed by atoms with Crippen LogP contribution in [0.15, 0.2) is 24.4 Å². The van der Waals surface area contributed by atoms with Crippen LogP contribution < -0.4 is 5.32 Å². The molecule has 2 amide bonds. The zero-order valence-electron chi connectivity index (χ0n) is 11.6. The molecule has 0 saturated carbocycles. The summed E-state index contributed by atoms with van der Waals surface area (Å²) in [6.45, 7) is 4.64. The molecule has 0 aliphatic carbocycles. The van der Waals surface area contributed by atoms with E-state index in [2.05, 4.69) is 5.32 Å². The van der Waals surface area contributed by atoms with Crippen LogP contribution in [0.2, 0.25) is 0 Å². The summed E-state index contributed by atoms with van der Waals surface area (Å²) in [5.41, 5.74) is -0.680. The molecule has 1 rings (SSSR count). The van der Waals surface area contributed by atoms with Crippen LogP contribution in [0.25, 0.3) is 0 Å². The summed E-state index contributed by atoms with van der Waals surface area (Å²) in [4.78, 5) is 35.4. The van der Waals surface area contributed by atoms with Gasteiger partial charge in [0.2, 0.25) is 0 Å². The predicted molar refractivity (Wildman–Crippen MR) is 70.8 cm³/mol. The summed E-state index contributed by atoms with van der Waals surface area (Å²) >= 11 is 0. The molecule has 0 bridgehead atoms. The van der Waals surface area contributed by atoms with Gasteiger partial charge in [0.15, 0.2) is 0 Å². The summed E-state index contributed by atoms with van der Waals surface area (Å²) in [7, 11) is 0. The van der Waals surface area contributed by atoms with Gasteiger partial charge in [0.05, 0.1) is 0 Å². The topological polar surface area (TPSA) is 95.9 Å². The Morgan fingerprint density at radius 2 is 2.05 bits per heavy atom. The fraction of sp³-hybridized carbons (Fsp3) is 0.462. The molecule has 110 valence electrons.